The van der Waals surface area contributed by atoms with Gasteiger partial charge < -0.3 is 15.4 Å². The molecule has 0 saturated heterocycles. The summed E-state index contributed by atoms with van der Waals surface area (Å²) in [4.78, 5) is 8.91. The van der Waals surface area contributed by atoms with Crippen LogP contribution in [-0.4, -0.2) is 41.2 Å². The molecule has 1 saturated carbocycles. The molecule has 112 valence electrons. The quantitative estimate of drug-likeness (QED) is 0.807. The Balaban J connectivity index is 2.09. The lowest BCUT2D eigenvalue weighted by atomic mass is 10.2. The molecule has 1 aliphatic carbocycles. The molecule has 2 N–H and O–H groups in total. The third-order valence-electron chi connectivity index (χ3n) is 3.47. The van der Waals surface area contributed by atoms with Gasteiger partial charge in [0, 0.05) is 31.5 Å². The molecule has 20 heavy (non-hydrogen) atoms. The summed E-state index contributed by atoms with van der Waals surface area (Å²) < 4.78 is 5.13. The van der Waals surface area contributed by atoms with Crippen molar-refractivity contribution in [1.29, 1.82) is 0 Å². The Morgan fingerprint density at radius 1 is 1.35 bits per heavy atom. The van der Waals surface area contributed by atoms with Gasteiger partial charge in [-0.2, -0.15) is 11.8 Å². The Hall–Kier alpha value is -1.01. The Labute approximate surface area is 125 Å². The van der Waals surface area contributed by atoms with E-state index in [9.17, 15) is 0 Å². The third-order valence-corrected chi connectivity index (χ3v) is 4.79. The van der Waals surface area contributed by atoms with Crippen LogP contribution in [-0.2, 0) is 11.3 Å². The highest BCUT2D eigenvalue weighted by atomic mass is 32.2. The average Bonchev–Trinajstić information content (AvgIpc) is 2.86. The topological polar surface area (TPSA) is 59.1 Å². The van der Waals surface area contributed by atoms with Gasteiger partial charge in [-0.25, -0.2) is 9.97 Å². The molecule has 2 atom stereocenters. The predicted molar refractivity (Wildman–Crippen MR) is 85.5 cm³/mol. The molecular formula is C14H24N4OS. The lowest BCUT2D eigenvalue weighted by molar-refractivity contribution is 0.178. The molecular weight excluding hydrogens is 272 g/mol. The Bertz CT molecular complexity index is 430. The van der Waals surface area contributed by atoms with Crippen LogP contribution < -0.4 is 10.6 Å². The number of nitrogens with one attached hydrogen (secondary N) is 2. The van der Waals surface area contributed by atoms with Gasteiger partial charge in [0.05, 0.1) is 0 Å². The number of hydrogen-bond acceptors (Lipinski definition) is 6. The van der Waals surface area contributed by atoms with Gasteiger partial charge in [0.2, 0.25) is 0 Å². The van der Waals surface area contributed by atoms with Gasteiger partial charge in [-0.3, -0.25) is 0 Å². The highest BCUT2D eigenvalue weighted by molar-refractivity contribution is 7.99. The van der Waals surface area contributed by atoms with Crippen molar-refractivity contribution in [2.45, 2.75) is 44.1 Å². The van der Waals surface area contributed by atoms with Crippen molar-refractivity contribution in [3.63, 3.8) is 0 Å². The summed E-state index contributed by atoms with van der Waals surface area (Å²) in [6.07, 6.45) is 3.81. The number of rotatable bonds is 7. The van der Waals surface area contributed by atoms with Gasteiger partial charge in [0.1, 0.15) is 18.2 Å². The van der Waals surface area contributed by atoms with Crippen LogP contribution >= 0.6 is 11.8 Å². The van der Waals surface area contributed by atoms with Gasteiger partial charge in [0.15, 0.2) is 5.82 Å². The van der Waals surface area contributed by atoms with E-state index in [1.165, 1.54) is 25.0 Å². The second-order valence-corrected chi connectivity index (χ2v) is 6.43. The zero-order chi connectivity index (χ0) is 14.4. The average molecular weight is 296 g/mol. The van der Waals surface area contributed by atoms with Gasteiger partial charge in [-0.05, 0) is 18.6 Å². The third kappa shape index (κ3) is 3.99. The fourth-order valence-corrected chi connectivity index (χ4v) is 3.79. The molecule has 1 heterocycles. The molecule has 0 radical (unpaired) electrons. The van der Waals surface area contributed by atoms with Gasteiger partial charge in [0.25, 0.3) is 0 Å². The fourth-order valence-electron chi connectivity index (χ4n) is 2.59. The van der Waals surface area contributed by atoms with Crippen LogP contribution in [0.1, 0.15) is 32.0 Å². The molecule has 1 aromatic rings. The minimum Gasteiger partial charge on any atom is -0.377 e. The minimum absolute atomic E-state index is 0.433. The zero-order valence-electron chi connectivity index (χ0n) is 12.5. The summed E-state index contributed by atoms with van der Waals surface area (Å²) in [7, 11) is 3.53. The monoisotopic (exact) mass is 296 g/mol. The molecule has 6 heteroatoms. The van der Waals surface area contributed by atoms with E-state index < -0.39 is 0 Å². The maximum atomic E-state index is 5.13. The predicted octanol–water partition coefficient (Wildman–Crippen LogP) is 2.75. The molecule has 0 amide bonds. The second kappa shape index (κ2) is 7.69. The van der Waals surface area contributed by atoms with E-state index in [1.54, 1.807) is 7.11 Å². The maximum absolute atomic E-state index is 5.13. The number of thioether (sulfide) groups is 1. The van der Waals surface area contributed by atoms with Crippen molar-refractivity contribution >= 4 is 23.4 Å². The van der Waals surface area contributed by atoms with Crippen molar-refractivity contribution < 1.29 is 4.74 Å². The highest BCUT2D eigenvalue weighted by Gasteiger charge is 2.27. The van der Waals surface area contributed by atoms with E-state index >= 15 is 0 Å². The molecule has 1 aliphatic rings. The summed E-state index contributed by atoms with van der Waals surface area (Å²) in [5.41, 5.74) is 0. The van der Waals surface area contributed by atoms with Crippen molar-refractivity contribution in [3.05, 3.63) is 11.9 Å². The fraction of sp³-hybridized carbons (Fsp3) is 0.714. The number of methoxy groups -OCH3 is 1. The first-order valence-corrected chi connectivity index (χ1v) is 8.24. The van der Waals surface area contributed by atoms with Gasteiger partial charge >= 0.3 is 0 Å². The number of ether oxygens (including phenoxy) is 1. The van der Waals surface area contributed by atoms with E-state index in [0.29, 0.717) is 23.7 Å². The van der Waals surface area contributed by atoms with Gasteiger partial charge in [-0.15, -0.1) is 0 Å². The SMILES string of the molecule is CCSC1CCCC1Nc1cc(NC)nc(COC)n1. The molecule has 1 aromatic heterocycles. The minimum atomic E-state index is 0.433. The first-order valence-electron chi connectivity index (χ1n) is 7.19. The molecule has 1 fully saturated rings. The zero-order valence-corrected chi connectivity index (χ0v) is 13.3. The van der Waals surface area contributed by atoms with Crippen LogP contribution in [0.4, 0.5) is 11.6 Å². The Morgan fingerprint density at radius 3 is 2.85 bits per heavy atom. The highest BCUT2D eigenvalue weighted by Crippen LogP contribution is 2.32. The lowest BCUT2D eigenvalue weighted by Gasteiger charge is -2.21. The first kappa shape index (κ1) is 15.4. The van der Waals surface area contributed by atoms with E-state index in [4.69, 9.17) is 4.74 Å². The van der Waals surface area contributed by atoms with Crippen LogP contribution in [0, 0.1) is 0 Å². The number of hydrogen-bond donors (Lipinski definition) is 2. The van der Waals surface area contributed by atoms with Crippen LogP contribution in [0.5, 0.6) is 0 Å². The van der Waals surface area contributed by atoms with E-state index in [0.717, 1.165) is 11.6 Å². The number of nitrogens with zero attached hydrogens (tertiary/aromatic N) is 2. The van der Waals surface area contributed by atoms with Crippen LogP contribution in [0.25, 0.3) is 0 Å². The normalized spacial score (nSPS) is 21.9. The summed E-state index contributed by atoms with van der Waals surface area (Å²) in [6.45, 7) is 2.66. The first-order chi connectivity index (χ1) is 9.76. The molecule has 0 aromatic carbocycles. The maximum Gasteiger partial charge on any atom is 0.158 e. The van der Waals surface area contributed by atoms with E-state index in [1.807, 2.05) is 24.9 Å². The Morgan fingerprint density at radius 2 is 2.15 bits per heavy atom. The molecule has 0 spiro atoms. The van der Waals surface area contributed by atoms with Gasteiger partial charge in [-0.1, -0.05) is 13.3 Å². The molecule has 0 bridgehead atoms. The summed E-state index contributed by atoms with van der Waals surface area (Å²) >= 11 is 2.04. The van der Waals surface area contributed by atoms with Crippen LogP contribution in [0.2, 0.25) is 0 Å². The van der Waals surface area contributed by atoms with Crippen molar-refractivity contribution in [2.24, 2.45) is 0 Å². The molecule has 2 unspecified atom stereocenters. The summed E-state index contributed by atoms with van der Waals surface area (Å²) in [5.74, 6) is 3.60. The van der Waals surface area contributed by atoms with Crippen LogP contribution in [0.15, 0.2) is 6.07 Å². The van der Waals surface area contributed by atoms with Crippen molar-refractivity contribution in [3.8, 4) is 0 Å². The van der Waals surface area contributed by atoms with Crippen LogP contribution in [0.3, 0.4) is 0 Å². The molecule has 0 aliphatic heterocycles. The number of anilines is 2. The van der Waals surface area contributed by atoms with E-state index in [-0.39, 0.29) is 0 Å². The summed E-state index contributed by atoms with van der Waals surface area (Å²) in [5, 5.41) is 7.35. The Kier molecular flexibility index (Phi) is 5.91. The number of aromatic nitrogens is 2. The molecule has 5 nitrogen and oxygen atoms in total. The molecule has 2 rings (SSSR count). The lowest BCUT2D eigenvalue weighted by Crippen LogP contribution is -2.27. The standard InChI is InChI=1S/C14H24N4OS/c1-4-20-11-7-5-6-10(11)16-13-8-12(15-2)17-14(18-13)9-19-3/h8,10-11H,4-7,9H2,1-3H3,(H2,15,16,17,18). The second-order valence-electron chi connectivity index (χ2n) is 4.91. The van der Waals surface area contributed by atoms with Crippen molar-refractivity contribution in [1.82, 2.24) is 9.97 Å². The largest absolute Gasteiger partial charge is 0.377 e. The van der Waals surface area contributed by atoms with Crippen molar-refractivity contribution in [2.75, 3.05) is 30.5 Å². The summed E-state index contributed by atoms with van der Waals surface area (Å²) in [6, 6.07) is 2.47. The van der Waals surface area contributed by atoms with E-state index in [2.05, 4.69) is 27.5 Å². The smallest absolute Gasteiger partial charge is 0.158 e.